The molecule has 26 heavy (non-hydrogen) atoms. The maximum atomic E-state index is 12.9. The van der Waals surface area contributed by atoms with E-state index >= 15 is 0 Å². The molecule has 136 valence electrons. The van der Waals surface area contributed by atoms with Crippen LogP contribution in [0.5, 0.6) is 0 Å². The quantitative estimate of drug-likeness (QED) is 0.400. The highest BCUT2D eigenvalue weighted by molar-refractivity contribution is 7.93. The van der Waals surface area contributed by atoms with Crippen LogP contribution in [0.4, 0.5) is 0 Å². The molecule has 0 spiro atoms. The molecular formula is C17H19N4O4S+. The van der Waals surface area contributed by atoms with Gasteiger partial charge in [0.25, 0.3) is 0 Å². The molecule has 3 atom stereocenters. The molecule has 1 unspecified atom stereocenters. The number of fused-ring (bicyclic) bond motifs is 1. The average Bonchev–Trinajstić information content (AvgIpc) is 3.08. The summed E-state index contributed by atoms with van der Waals surface area (Å²) in [6.07, 6.45) is 3.96. The molecule has 2 fully saturated rings. The molecule has 1 aromatic carbocycles. The van der Waals surface area contributed by atoms with E-state index < -0.39 is 26.0 Å². The first-order chi connectivity index (χ1) is 12.4. The van der Waals surface area contributed by atoms with Crippen molar-refractivity contribution in [1.82, 2.24) is 14.8 Å². The summed E-state index contributed by atoms with van der Waals surface area (Å²) in [4.78, 5) is 24.6. The SMILES string of the molecule is C[C@]1(Cn2cc[n+](Cc3ccccc3)n2)[C@H](C=O)N2C(=O)CC2S1(=O)=O. The zero-order chi connectivity index (χ0) is 18.5. The minimum Gasteiger partial charge on any atom is -0.313 e. The molecule has 0 N–H and O–H groups in total. The number of amides is 1. The standard InChI is InChI=1S/C17H19N4O4S/c1-17(14(11-22)21-15(23)9-16(21)26(17,24)25)12-20-8-7-19(18-20)10-13-5-3-2-4-6-13/h2-8,11,14,16H,9-10,12H2,1H3/q+1/t14-,16?,17-/m0/s1. The number of hydrogen-bond donors (Lipinski definition) is 0. The Balaban J connectivity index is 1.60. The van der Waals surface area contributed by atoms with Crippen molar-refractivity contribution < 1.29 is 22.7 Å². The van der Waals surface area contributed by atoms with Crippen LogP contribution < -0.4 is 4.68 Å². The van der Waals surface area contributed by atoms with Crippen LogP contribution in [-0.4, -0.2) is 51.6 Å². The zero-order valence-electron chi connectivity index (χ0n) is 14.2. The van der Waals surface area contributed by atoms with E-state index in [9.17, 15) is 18.0 Å². The normalized spacial score (nSPS) is 29.3. The van der Waals surface area contributed by atoms with Gasteiger partial charge in [0.2, 0.25) is 5.91 Å². The van der Waals surface area contributed by atoms with E-state index in [0.29, 0.717) is 12.8 Å². The van der Waals surface area contributed by atoms with Crippen molar-refractivity contribution in [2.24, 2.45) is 0 Å². The van der Waals surface area contributed by atoms with Gasteiger partial charge in [-0.1, -0.05) is 30.3 Å². The molecule has 0 saturated carbocycles. The predicted octanol–water partition coefficient (Wildman–Crippen LogP) is -0.468. The summed E-state index contributed by atoms with van der Waals surface area (Å²) in [5.41, 5.74) is 1.07. The zero-order valence-corrected chi connectivity index (χ0v) is 15.0. The summed E-state index contributed by atoms with van der Waals surface area (Å²) in [5, 5.41) is 3.50. The number of aldehydes is 1. The van der Waals surface area contributed by atoms with E-state index in [4.69, 9.17) is 0 Å². The lowest BCUT2D eigenvalue weighted by Gasteiger charge is -2.35. The van der Waals surface area contributed by atoms with Crippen molar-refractivity contribution in [1.29, 1.82) is 0 Å². The topological polar surface area (TPSA) is 93.2 Å². The van der Waals surface area contributed by atoms with Gasteiger partial charge in [0.1, 0.15) is 35.5 Å². The summed E-state index contributed by atoms with van der Waals surface area (Å²) in [5.74, 6) is -0.293. The van der Waals surface area contributed by atoms with Crippen LogP contribution in [0, 0.1) is 0 Å². The minimum atomic E-state index is -3.67. The molecule has 2 aliphatic heterocycles. The molecule has 3 heterocycles. The summed E-state index contributed by atoms with van der Waals surface area (Å²) >= 11 is 0. The predicted molar refractivity (Wildman–Crippen MR) is 90.4 cm³/mol. The lowest BCUT2D eigenvalue weighted by Crippen LogP contribution is -2.55. The number of β-lactam (4-membered cyclic amide) rings is 1. The Morgan fingerprint density at radius 1 is 1.35 bits per heavy atom. The average molecular weight is 375 g/mol. The number of nitrogens with zero attached hydrogens (tertiary/aromatic N) is 4. The number of aromatic nitrogens is 3. The van der Waals surface area contributed by atoms with Crippen molar-refractivity contribution in [3.8, 4) is 0 Å². The Kier molecular flexibility index (Phi) is 3.72. The molecule has 1 amide bonds. The molecule has 1 aromatic heterocycles. The molecule has 0 bridgehead atoms. The Bertz CT molecular complexity index is 972. The van der Waals surface area contributed by atoms with Crippen LogP contribution in [0.3, 0.4) is 0 Å². The second-order valence-corrected chi connectivity index (χ2v) is 9.53. The molecule has 2 aromatic rings. The van der Waals surface area contributed by atoms with Gasteiger partial charge in [-0.3, -0.25) is 4.79 Å². The fraction of sp³-hybridized carbons (Fsp3) is 0.412. The van der Waals surface area contributed by atoms with Gasteiger partial charge in [0.15, 0.2) is 22.2 Å². The van der Waals surface area contributed by atoms with Gasteiger partial charge in [0, 0.05) is 0 Å². The van der Waals surface area contributed by atoms with Crippen LogP contribution >= 0.6 is 0 Å². The second-order valence-electron chi connectivity index (χ2n) is 6.97. The molecular weight excluding hydrogens is 356 g/mol. The number of carbonyl (C=O) groups is 2. The highest BCUT2D eigenvalue weighted by Gasteiger charge is 2.68. The highest BCUT2D eigenvalue weighted by Crippen LogP contribution is 2.45. The van der Waals surface area contributed by atoms with Gasteiger partial charge in [-0.25, -0.2) is 8.42 Å². The van der Waals surface area contributed by atoms with Crippen LogP contribution in [0.15, 0.2) is 42.7 Å². The molecule has 0 radical (unpaired) electrons. The number of sulfone groups is 1. The maximum Gasteiger partial charge on any atom is 0.227 e. The molecule has 0 aliphatic carbocycles. The number of hydrogen-bond acceptors (Lipinski definition) is 5. The third kappa shape index (κ3) is 2.30. The van der Waals surface area contributed by atoms with Gasteiger partial charge < -0.3 is 9.69 Å². The lowest BCUT2D eigenvalue weighted by molar-refractivity contribution is -0.747. The fourth-order valence-corrected chi connectivity index (χ4v) is 6.13. The first kappa shape index (κ1) is 16.9. The summed E-state index contributed by atoms with van der Waals surface area (Å²) < 4.78 is 27.6. The Morgan fingerprint density at radius 3 is 2.73 bits per heavy atom. The highest BCUT2D eigenvalue weighted by atomic mass is 32.2. The largest absolute Gasteiger partial charge is 0.313 e. The van der Waals surface area contributed by atoms with E-state index in [1.165, 1.54) is 16.5 Å². The van der Waals surface area contributed by atoms with E-state index in [1.54, 1.807) is 17.1 Å². The van der Waals surface area contributed by atoms with Crippen LogP contribution in [0.25, 0.3) is 0 Å². The Hall–Kier alpha value is -2.55. The van der Waals surface area contributed by atoms with Crippen molar-refractivity contribution in [2.45, 2.75) is 42.6 Å². The molecule has 2 aliphatic rings. The number of benzene rings is 1. The minimum absolute atomic E-state index is 0.0147. The third-order valence-electron chi connectivity index (χ3n) is 5.31. The number of carbonyl (C=O) groups excluding carboxylic acids is 2. The van der Waals surface area contributed by atoms with E-state index in [-0.39, 0.29) is 18.9 Å². The van der Waals surface area contributed by atoms with Crippen molar-refractivity contribution in [3.05, 3.63) is 48.3 Å². The Morgan fingerprint density at radius 2 is 2.08 bits per heavy atom. The smallest absolute Gasteiger partial charge is 0.227 e. The summed E-state index contributed by atoms with van der Waals surface area (Å²) in [6.45, 7) is 2.10. The first-order valence-electron chi connectivity index (χ1n) is 8.34. The Labute approximate surface area is 150 Å². The molecule has 4 rings (SSSR count). The maximum absolute atomic E-state index is 12.9. The second kappa shape index (κ2) is 5.73. The van der Waals surface area contributed by atoms with Crippen molar-refractivity contribution >= 4 is 22.0 Å². The van der Waals surface area contributed by atoms with E-state index in [2.05, 4.69) is 5.21 Å². The molecule has 9 heteroatoms. The van der Waals surface area contributed by atoms with Gasteiger partial charge in [0.05, 0.1) is 11.6 Å². The van der Waals surface area contributed by atoms with Gasteiger partial charge >= 0.3 is 0 Å². The van der Waals surface area contributed by atoms with Gasteiger partial charge in [-0.2, -0.15) is 0 Å². The third-order valence-corrected chi connectivity index (χ3v) is 8.09. The van der Waals surface area contributed by atoms with Crippen LogP contribution in [0.1, 0.15) is 18.9 Å². The molecule has 8 nitrogen and oxygen atoms in total. The molecule has 2 saturated heterocycles. The van der Waals surface area contributed by atoms with Crippen LogP contribution in [0.2, 0.25) is 0 Å². The van der Waals surface area contributed by atoms with E-state index in [0.717, 1.165) is 5.56 Å². The summed E-state index contributed by atoms with van der Waals surface area (Å²) in [6, 6.07) is 8.79. The van der Waals surface area contributed by atoms with Gasteiger partial charge in [-0.15, -0.1) is 9.36 Å². The van der Waals surface area contributed by atoms with Crippen molar-refractivity contribution in [2.75, 3.05) is 0 Å². The lowest BCUT2D eigenvalue weighted by atomic mass is 9.97. The van der Waals surface area contributed by atoms with E-state index in [1.807, 2.05) is 30.3 Å². The monoisotopic (exact) mass is 375 g/mol. The number of rotatable bonds is 5. The summed E-state index contributed by atoms with van der Waals surface area (Å²) in [7, 11) is -3.67. The van der Waals surface area contributed by atoms with Crippen molar-refractivity contribution in [3.63, 3.8) is 0 Å². The fourth-order valence-electron chi connectivity index (χ4n) is 3.78. The first-order valence-corrected chi connectivity index (χ1v) is 9.88. The van der Waals surface area contributed by atoms with Gasteiger partial charge in [-0.05, 0) is 12.5 Å². The van der Waals surface area contributed by atoms with Crippen LogP contribution in [-0.2, 0) is 32.5 Å².